The highest BCUT2D eigenvalue weighted by molar-refractivity contribution is 6.06. The number of anilines is 2. The van der Waals surface area contributed by atoms with E-state index in [1.54, 1.807) is 29.2 Å². The van der Waals surface area contributed by atoms with Gasteiger partial charge in [0.2, 0.25) is 11.8 Å². The van der Waals surface area contributed by atoms with Crippen molar-refractivity contribution in [1.82, 2.24) is 5.32 Å². The summed E-state index contributed by atoms with van der Waals surface area (Å²) in [5, 5.41) is 5.90. The number of aryl methyl sites for hydroxylation is 1. The van der Waals surface area contributed by atoms with Crippen LogP contribution in [0.1, 0.15) is 40.9 Å². The zero-order valence-electron chi connectivity index (χ0n) is 18.7. The first-order chi connectivity index (χ1) is 15.9. The first kappa shape index (κ1) is 22.3. The first-order valence-electron chi connectivity index (χ1n) is 11.0. The van der Waals surface area contributed by atoms with Crippen molar-refractivity contribution in [3.05, 3.63) is 95.6 Å². The van der Waals surface area contributed by atoms with Gasteiger partial charge in [-0.1, -0.05) is 48.5 Å². The quantitative estimate of drug-likeness (QED) is 0.592. The number of nitrogens with one attached hydrogen (secondary N) is 2. The zero-order valence-corrected chi connectivity index (χ0v) is 18.7. The molecule has 0 aliphatic carbocycles. The van der Waals surface area contributed by atoms with Crippen LogP contribution in [0.3, 0.4) is 0 Å². The van der Waals surface area contributed by atoms with Gasteiger partial charge in [-0.05, 0) is 55.3 Å². The van der Waals surface area contributed by atoms with Crippen molar-refractivity contribution in [2.45, 2.75) is 26.3 Å². The maximum Gasteiger partial charge on any atom is 0.255 e. The number of nitrogens with zero attached hydrogens (tertiary/aromatic N) is 1. The maximum atomic E-state index is 12.8. The molecular formula is C27H27N3O3. The van der Waals surface area contributed by atoms with Gasteiger partial charge in [0, 0.05) is 29.9 Å². The van der Waals surface area contributed by atoms with Crippen LogP contribution in [-0.2, 0) is 9.59 Å². The molecule has 3 amide bonds. The fourth-order valence-electron chi connectivity index (χ4n) is 4.03. The average molecular weight is 442 g/mol. The van der Waals surface area contributed by atoms with E-state index >= 15 is 0 Å². The lowest BCUT2D eigenvalue weighted by molar-refractivity contribution is -0.126. The molecule has 1 heterocycles. The van der Waals surface area contributed by atoms with Gasteiger partial charge in [-0.2, -0.15) is 0 Å². The molecule has 33 heavy (non-hydrogen) atoms. The van der Waals surface area contributed by atoms with Crippen LogP contribution in [0, 0.1) is 12.8 Å². The highest BCUT2D eigenvalue weighted by Crippen LogP contribution is 2.27. The topological polar surface area (TPSA) is 78.5 Å². The lowest BCUT2D eigenvalue weighted by Gasteiger charge is -2.19. The van der Waals surface area contributed by atoms with Crippen LogP contribution in [0.25, 0.3) is 0 Å². The summed E-state index contributed by atoms with van der Waals surface area (Å²) in [4.78, 5) is 39.8. The Morgan fingerprint density at radius 3 is 2.48 bits per heavy atom. The Morgan fingerprint density at radius 1 is 0.970 bits per heavy atom. The predicted octanol–water partition coefficient (Wildman–Crippen LogP) is 4.48. The molecule has 1 aliphatic heterocycles. The van der Waals surface area contributed by atoms with Crippen LogP contribution in [-0.4, -0.2) is 24.3 Å². The van der Waals surface area contributed by atoms with Crippen molar-refractivity contribution in [2.75, 3.05) is 16.8 Å². The Balaban J connectivity index is 1.42. The van der Waals surface area contributed by atoms with Gasteiger partial charge >= 0.3 is 0 Å². The molecule has 0 saturated carbocycles. The molecule has 0 radical (unpaired) electrons. The first-order valence-corrected chi connectivity index (χ1v) is 11.0. The lowest BCUT2D eigenvalue weighted by atomic mass is 10.1. The van der Waals surface area contributed by atoms with Gasteiger partial charge in [-0.25, -0.2) is 0 Å². The molecule has 0 unspecified atom stereocenters. The molecule has 1 aliphatic rings. The second-order valence-electron chi connectivity index (χ2n) is 8.42. The minimum Gasteiger partial charge on any atom is -0.349 e. The van der Waals surface area contributed by atoms with E-state index in [9.17, 15) is 14.4 Å². The average Bonchev–Trinajstić information content (AvgIpc) is 3.21. The summed E-state index contributed by atoms with van der Waals surface area (Å²) < 4.78 is 0. The fraction of sp³-hybridized carbons (Fsp3) is 0.222. The summed E-state index contributed by atoms with van der Waals surface area (Å²) in [5.74, 6) is -0.956. The van der Waals surface area contributed by atoms with E-state index < -0.39 is 5.92 Å². The number of rotatable bonds is 6. The summed E-state index contributed by atoms with van der Waals surface area (Å²) in [5.41, 5.74) is 3.84. The summed E-state index contributed by atoms with van der Waals surface area (Å²) >= 11 is 0. The van der Waals surface area contributed by atoms with Crippen molar-refractivity contribution in [3.63, 3.8) is 0 Å². The molecular weight excluding hydrogens is 414 g/mol. The molecule has 6 heteroatoms. The van der Waals surface area contributed by atoms with Gasteiger partial charge < -0.3 is 15.5 Å². The van der Waals surface area contributed by atoms with Crippen LogP contribution in [0.2, 0.25) is 0 Å². The second-order valence-corrected chi connectivity index (χ2v) is 8.42. The number of hydrogen-bond donors (Lipinski definition) is 2. The number of hydrogen-bond acceptors (Lipinski definition) is 3. The van der Waals surface area contributed by atoms with Crippen LogP contribution < -0.4 is 15.5 Å². The molecule has 3 aromatic carbocycles. The predicted molar refractivity (Wildman–Crippen MR) is 129 cm³/mol. The molecule has 1 saturated heterocycles. The molecule has 2 atom stereocenters. The molecule has 2 N–H and O–H groups in total. The Labute approximate surface area is 193 Å². The van der Waals surface area contributed by atoms with Crippen LogP contribution in [0.15, 0.2) is 78.9 Å². The van der Waals surface area contributed by atoms with Crippen molar-refractivity contribution >= 4 is 29.1 Å². The molecule has 0 spiro atoms. The smallest absolute Gasteiger partial charge is 0.255 e. The van der Waals surface area contributed by atoms with E-state index in [-0.39, 0.29) is 36.7 Å². The number of amides is 3. The molecule has 168 valence electrons. The monoisotopic (exact) mass is 441 g/mol. The summed E-state index contributed by atoms with van der Waals surface area (Å²) in [6.07, 6.45) is 0.146. The third-order valence-corrected chi connectivity index (χ3v) is 5.85. The van der Waals surface area contributed by atoms with E-state index in [0.29, 0.717) is 16.9 Å². The van der Waals surface area contributed by atoms with Gasteiger partial charge in [-0.15, -0.1) is 0 Å². The van der Waals surface area contributed by atoms with Crippen LogP contribution in [0.5, 0.6) is 0 Å². The largest absolute Gasteiger partial charge is 0.349 e. The van der Waals surface area contributed by atoms with Gasteiger partial charge in [-0.3, -0.25) is 14.4 Å². The second kappa shape index (κ2) is 9.69. The highest BCUT2D eigenvalue weighted by atomic mass is 16.2. The van der Waals surface area contributed by atoms with Gasteiger partial charge in [0.05, 0.1) is 12.0 Å². The van der Waals surface area contributed by atoms with Crippen LogP contribution >= 0.6 is 0 Å². The minimum atomic E-state index is -0.437. The molecule has 6 nitrogen and oxygen atoms in total. The molecule has 1 fully saturated rings. The van der Waals surface area contributed by atoms with Crippen molar-refractivity contribution in [1.29, 1.82) is 0 Å². The Morgan fingerprint density at radius 2 is 1.73 bits per heavy atom. The summed E-state index contributed by atoms with van der Waals surface area (Å²) in [7, 11) is 0. The standard InChI is InChI=1S/C27H27N3O3/c1-18-8-6-12-23(14-18)29-26(32)21-11-7-13-24(15-21)30-17-22(16-25(30)31)27(33)28-19(2)20-9-4-3-5-10-20/h3-15,19,22H,16-17H2,1-2H3,(H,28,33)(H,29,32)/t19-,22-/m0/s1. The molecule has 4 rings (SSSR count). The summed E-state index contributed by atoms with van der Waals surface area (Å²) in [6.45, 7) is 4.18. The lowest BCUT2D eigenvalue weighted by Crippen LogP contribution is -2.34. The van der Waals surface area contributed by atoms with E-state index in [2.05, 4.69) is 10.6 Å². The van der Waals surface area contributed by atoms with Crippen molar-refractivity contribution in [3.8, 4) is 0 Å². The van der Waals surface area contributed by atoms with Gasteiger partial charge in [0.1, 0.15) is 0 Å². The Hall–Kier alpha value is -3.93. The zero-order chi connectivity index (χ0) is 23.4. The Kier molecular flexibility index (Phi) is 6.54. The molecule has 3 aromatic rings. The minimum absolute atomic E-state index is 0.126. The van der Waals surface area contributed by atoms with E-state index in [1.807, 2.05) is 68.4 Å². The molecule has 0 bridgehead atoms. The van der Waals surface area contributed by atoms with Gasteiger partial charge in [0.25, 0.3) is 5.91 Å². The maximum absolute atomic E-state index is 12.8. The third-order valence-electron chi connectivity index (χ3n) is 5.85. The van der Waals surface area contributed by atoms with Crippen molar-refractivity contribution < 1.29 is 14.4 Å². The van der Waals surface area contributed by atoms with Crippen LogP contribution in [0.4, 0.5) is 11.4 Å². The SMILES string of the molecule is Cc1cccc(NC(=O)c2cccc(N3C[C@@H](C(=O)N[C@@H](C)c4ccccc4)CC3=O)c2)c1. The normalized spacial score (nSPS) is 16.4. The number of carbonyl (C=O) groups excluding carboxylic acids is 3. The summed E-state index contributed by atoms with van der Waals surface area (Å²) in [6, 6.07) is 24.1. The Bertz CT molecular complexity index is 1180. The molecule has 0 aromatic heterocycles. The number of carbonyl (C=O) groups is 3. The van der Waals surface area contributed by atoms with E-state index in [0.717, 1.165) is 11.1 Å². The van der Waals surface area contributed by atoms with Gasteiger partial charge in [0.15, 0.2) is 0 Å². The fourth-order valence-corrected chi connectivity index (χ4v) is 4.03. The van der Waals surface area contributed by atoms with E-state index in [1.165, 1.54) is 0 Å². The van der Waals surface area contributed by atoms with E-state index in [4.69, 9.17) is 0 Å². The third kappa shape index (κ3) is 5.29. The van der Waals surface area contributed by atoms with Crippen molar-refractivity contribution in [2.24, 2.45) is 5.92 Å². The number of benzene rings is 3. The highest BCUT2D eigenvalue weighted by Gasteiger charge is 2.35.